The van der Waals surface area contributed by atoms with E-state index in [1.54, 1.807) is 6.92 Å². The highest BCUT2D eigenvalue weighted by Crippen LogP contribution is 1.98. The first kappa shape index (κ1) is 14.3. The number of sulfonamides is 1. The van der Waals surface area contributed by atoms with Crippen LogP contribution in [0.3, 0.4) is 0 Å². The molecular formula is C8H17NO5S. The number of rotatable bonds is 8. The molecule has 0 heterocycles. The zero-order valence-electron chi connectivity index (χ0n) is 8.89. The second-order valence-corrected chi connectivity index (χ2v) is 4.98. The van der Waals surface area contributed by atoms with Crippen molar-refractivity contribution in [2.24, 2.45) is 0 Å². The lowest BCUT2D eigenvalue weighted by Gasteiger charge is -2.13. The van der Waals surface area contributed by atoms with Crippen molar-refractivity contribution in [2.75, 3.05) is 19.5 Å². The highest BCUT2D eigenvalue weighted by Gasteiger charge is 2.22. The van der Waals surface area contributed by atoms with Crippen LogP contribution in [0, 0.1) is 0 Å². The largest absolute Gasteiger partial charge is 0.480 e. The van der Waals surface area contributed by atoms with Gasteiger partial charge in [-0.05, 0) is 12.8 Å². The second-order valence-electron chi connectivity index (χ2n) is 3.11. The third kappa shape index (κ3) is 6.43. The molecule has 0 aliphatic carbocycles. The quantitative estimate of drug-likeness (QED) is 0.612. The van der Waals surface area contributed by atoms with Crippen molar-refractivity contribution >= 4 is 16.0 Å². The van der Waals surface area contributed by atoms with Gasteiger partial charge in [0.2, 0.25) is 10.0 Å². The molecule has 0 saturated carbocycles. The fraction of sp³-hybridized carbons (Fsp3) is 0.875. The van der Waals surface area contributed by atoms with E-state index >= 15 is 0 Å². The van der Waals surface area contributed by atoms with Crippen molar-refractivity contribution < 1.29 is 23.1 Å². The van der Waals surface area contributed by atoms with E-state index in [-0.39, 0.29) is 18.8 Å². The minimum absolute atomic E-state index is 0.0657. The summed E-state index contributed by atoms with van der Waals surface area (Å²) in [5, 5.41) is 8.75. The van der Waals surface area contributed by atoms with Crippen LogP contribution < -0.4 is 4.72 Å². The van der Waals surface area contributed by atoms with Crippen molar-refractivity contribution in [3.63, 3.8) is 0 Å². The molecule has 1 unspecified atom stereocenters. The van der Waals surface area contributed by atoms with Gasteiger partial charge in [-0.25, -0.2) is 13.1 Å². The summed E-state index contributed by atoms with van der Waals surface area (Å²) in [4.78, 5) is 10.7. The van der Waals surface area contributed by atoms with Gasteiger partial charge in [-0.3, -0.25) is 4.79 Å². The fourth-order valence-corrected chi connectivity index (χ4v) is 2.32. The molecule has 0 bridgehead atoms. The minimum atomic E-state index is -3.49. The number of carboxylic acid groups (broad SMARTS) is 1. The summed E-state index contributed by atoms with van der Waals surface area (Å²) in [5.74, 6) is -1.25. The molecule has 0 fully saturated rings. The summed E-state index contributed by atoms with van der Waals surface area (Å²) < 4.78 is 29.4. The van der Waals surface area contributed by atoms with Crippen LogP contribution in [0.5, 0.6) is 0 Å². The average molecular weight is 239 g/mol. The van der Waals surface area contributed by atoms with E-state index in [0.717, 1.165) is 0 Å². The first-order chi connectivity index (χ1) is 6.93. The van der Waals surface area contributed by atoms with Crippen LogP contribution in [0.4, 0.5) is 0 Å². The molecule has 0 radical (unpaired) electrons. The number of nitrogens with one attached hydrogen (secondary N) is 1. The smallest absolute Gasteiger partial charge is 0.321 e. The number of hydrogen-bond acceptors (Lipinski definition) is 4. The maximum absolute atomic E-state index is 11.3. The predicted molar refractivity (Wildman–Crippen MR) is 55.1 cm³/mol. The third-order valence-corrected chi connectivity index (χ3v) is 3.29. The lowest BCUT2D eigenvalue weighted by Crippen LogP contribution is -2.42. The second kappa shape index (κ2) is 6.76. The molecule has 0 aliphatic heterocycles. The Labute approximate surface area is 89.7 Å². The van der Waals surface area contributed by atoms with Gasteiger partial charge in [0.15, 0.2) is 0 Å². The van der Waals surface area contributed by atoms with Crippen LogP contribution in [0.25, 0.3) is 0 Å². The standard InChI is InChI=1S/C8H17NO5S/c1-3-6-15(12,13)9-7(8(10)11)4-5-14-2/h7,9H,3-6H2,1-2H3,(H,10,11). The SMILES string of the molecule is CCCS(=O)(=O)NC(CCOC)C(=O)O. The van der Waals surface area contributed by atoms with Gasteiger partial charge in [-0.1, -0.05) is 6.92 Å². The van der Waals surface area contributed by atoms with Gasteiger partial charge in [0.1, 0.15) is 6.04 Å². The Morgan fingerprint density at radius 1 is 1.53 bits per heavy atom. The number of hydrogen-bond donors (Lipinski definition) is 2. The van der Waals surface area contributed by atoms with E-state index in [4.69, 9.17) is 9.84 Å². The molecule has 1 atom stereocenters. The molecule has 0 aromatic carbocycles. The van der Waals surface area contributed by atoms with E-state index in [1.807, 2.05) is 0 Å². The Morgan fingerprint density at radius 3 is 2.53 bits per heavy atom. The van der Waals surface area contributed by atoms with Gasteiger partial charge in [0.05, 0.1) is 5.75 Å². The Kier molecular flexibility index (Phi) is 6.46. The average Bonchev–Trinajstić information content (AvgIpc) is 2.11. The van der Waals surface area contributed by atoms with Crippen LogP contribution in [0.15, 0.2) is 0 Å². The molecule has 0 saturated heterocycles. The van der Waals surface area contributed by atoms with E-state index in [0.29, 0.717) is 6.42 Å². The maximum atomic E-state index is 11.3. The van der Waals surface area contributed by atoms with Gasteiger partial charge < -0.3 is 9.84 Å². The molecule has 6 nitrogen and oxygen atoms in total. The highest BCUT2D eigenvalue weighted by molar-refractivity contribution is 7.89. The summed E-state index contributed by atoms with van der Waals surface area (Å²) in [6.45, 7) is 1.91. The van der Waals surface area contributed by atoms with Crippen LogP contribution in [0.1, 0.15) is 19.8 Å². The number of ether oxygens (including phenoxy) is 1. The highest BCUT2D eigenvalue weighted by atomic mass is 32.2. The van der Waals surface area contributed by atoms with E-state index in [9.17, 15) is 13.2 Å². The van der Waals surface area contributed by atoms with Gasteiger partial charge in [0.25, 0.3) is 0 Å². The normalized spacial score (nSPS) is 13.7. The Hall–Kier alpha value is -0.660. The Balaban J connectivity index is 4.34. The molecule has 0 aromatic heterocycles. The lowest BCUT2D eigenvalue weighted by atomic mass is 10.2. The number of carboxylic acids is 1. The fourth-order valence-electron chi connectivity index (χ4n) is 1.01. The molecular weight excluding hydrogens is 222 g/mol. The zero-order chi connectivity index (χ0) is 11.9. The summed E-state index contributed by atoms with van der Waals surface area (Å²) in [5.41, 5.74) is 0. The minimum Gasteiger partial charge on any atom is -0.480 e. The van der Waals surface area contributed by atoms with Crippen LogP contribution in [-0.4, -0.2) is 45.0 Å². The number of methoxy groups -OCH3 is 1. The van der Waals surface area contributed by atoms with Crippen LogP contribution in [-0.2, 0) is 19.6 Å². The van der Waals surface area contributed by atoms with Crippen molar-refractivity contribution in [3.8, 4) is 0 Å². The Morgan fingerprint density at radius 2 is 2.13 bits per heavy atom. The summed E-state index contributed by atoms with van der Waals surface area (Å²) in [6, 6.07) is -1.11. The molecule has 2 N–H and O–H groups in total. The topological polar surface area (TPSA) is 92.7 Å². The number of aliphatic carboxylic acids is 1. The first-order valence-electron chi connectivity index (χ1n) is 4.64. The predicted octanol–water partition coefficient (Wildman–Crippen LogP) is -0.194. The summed E-state index contributed by atoms with van der Waals surface area (Å²) in [6.07, 6.45) is 0.570. The Bertz CT molecular complexity index is 287. The van der Waals surface area contributed by atoms with Gasteiger partial charge >= 0.3 is 5.97 Å². The van der Waals surface area contributed by atoms with E-state index in [1.165, 1.54) is 7.11 Å². The monoisotopic (exact) mass is 239 g/mol. The number of carbonyl (C=O) groups is 1. The van der Waals surface area contributed by atoms with E-state index < -0.39 is 22.0 Å². The van der Waals surface area contributed by atoms with Crippen molar-refractivity contribution in [3.05, 3.63) is 0 Å². The molecule has 0 spiro atoms. The van der Waals surface area contributed by atoms with Gasteiger partial charge in [-0.15, -0.1) is 0 Å². The van der Waals surface area contributed by atoms with Gasteiger partial charge in [-0.2, -0.15) is 0 Å². The zero-order valence-corrected chi connectivity index (χ0v) is 9.71. The first-order valence-corrected chi connectivity index (χ1v) is 6.30. The lowest BCUT2D eigenvalue weighted by molar-refractivity contribution is -0.139. The molecule has 0 rings (SSSR count). The molecule has 90 valence electrons. The molecule has 0 aromatic rings. The van der Waals surface area contributed by atoms with Crippen molar-refractivity contribution in [2.45, 2.75) is 25.8 Å². The van der Waals surface area contributed by atoms with E-state index in [2.05, 4.69) is 4.72 Å². The van der Waals surface area contributed by atoms with Crippen LogP contribution in [0.2, 0.25) is 0 Å². The third-order valence-electron chi connectivity index (χ3n) is 1.70. The van der Waals surface area contributed by atoms with Crippen molar-refractivity contribution in [1.29, 1.82) is 0 Å². The van der Waals surface area contributed by atoms with Gasteiger partial charge in [0, 0.05) is 13.7 Å². The summed E-state index contributed by atoms with van der Waals surface area (Å²) in [7, 11) is -2.06. The molecule has 15 heavy (non-hydrogen) atoms. The molecule has 7 heteroatoms. The van der Waals surface area contributed by atoms with Crippen molar-refractivity contribution in [1.82, 2.24) is 4.72 Å². The molecule has 0 amide bonds. The van der Waals surface area contributed by atoms with Crippen LogP contribution >= 0.6 is 0 Å². The molecule has 0 aliphatic rings. The maximum Gasteiger partial charge on any atom is 0.321 e. The summed E-state index contributed by atoms with van der Waals surface area (Å²) >= 11 is 0.